The van der Waals surface area contributed by atoms with Gasteiger partial charge in [0, 0.05) is 11.6 Å². The van der Waals surface area contributed by atoms with Gasteiger partial charge in [-0.15, -0.1) is 0 Å². The molecule has 15 heavy (non-hydrogen) atoms. The molecule has 1 aromatic rings. The minimum Gasteiger partial charge on any atom is -0.505 e. The topological polar surface area (TPSA) is 40.5 Å². The van der Waals surface area contributed by atoms with Gasteiger partial charge in [0.05, 0.1) is 0 Å². The van der Waals surface area contributed by atoms with E-state index in [1.54, 1.807) is 0 Å². The Morgan fingerprint density at radius 1 is 1.13 bits per heavy atom. The highest BCUT2D eigenvalue weighted by Gasteiger charge is 2.41. The fourth-order valence-electron chi connectivity index (χ4n) is 0.971. The molecule has 2 nitrogen and oxygen atoms in total. The van der Waals surface area contributed by atoms with Crippen molar-refractivity contribution in [2.45, 2.75) is 12.3 Å². The van der Waals surface area contributed by atoms with Gasteiger partial charge < -0.3 is 10.2 Å². The lowest BCUT2D eigenvalue weighted by atomic mass is 10.1. The van der Waals surface area contributed by atoms with Crippen LogP contribution < -0.4 is 0 Å². The van der Waals surface area contributed by atoms with Crippen molar-refractivity contribution in [2.75, 3.05) is 0 Å². The Labute approximate surface area is 80.6 Å². The summed E-state index contributed by atoms with van der Waals surface area (Å²) in [6.07, 6.45) is -8.22. The maximum atomic E-state index is 12.6. The van der Waals surface area contributed by atoms with Crippen LogP contribution in [0.5, 0.6) is 5.75 Å². The van der Waals surface area contributed by atoms with E-state index < -0.39 is 35.2 Å². The van der Waals surface area contributed by atoms with E-state index in [4.69, 9.17) is 10.2 Å². The summed E-state index contributed by atoms with van der Waals surface area (Å²) in [7, 11) is 0. The van der Waals surface area contributed by atoms with E-state index in [-0.39, 0.29) is 12.1 Å². The van der Waals surface area contributed by atoms with Crippen LogP contribution in [0.2, 0.25) is 0 Å². The van der Waals surface area contributed by atoms with Crippen molar-refractivity contribution < 1.29 is 32.2 Å². The number of hydrogen-bond acceptors (Lipinski definition) is 2. The number of phenolic OH excluding ortho intramolecular Hbond substituents is 1. The summed E-state index contributed by atoms with van der Waals surface area (Å²) in [6, 6.07) is 0.429. The Morgan fingerprint density at radius 3 is 2.13 bits per heavy atom. The Bertz CT molecular complexity index is 374. The molecular formula is C8H5F5O2. The van der Waals surface area contributed by atoms with Crippen LogP contribution >= 0.6 is 0 Å². The molecule has 0 spiro atoms. The van der Waals surface area contributed by atoms with Crippen LogP contribution in [0.25, 0.3) is 0 Å². The Morgan fingerprint density at radius 2 is 1.67 bits per heavy atom. The van der Waals surface area contributed by atoms with Crippen LogP contribution in [0.1, 0.15) is 11.7 Å². The standard InChI is InChI=1S/C8H5F5O2/c9-3-1-4(6(14)5(10)2-3)7(15)8(11,12)13/h1-2,7,14-15H/t7-/m1/s1. The van der Waals surface area contributed by atoms with Gasteiger partial charge in [0.1, 0.15) is 5.82 Å². The van der Waals surface area contributed by atoms with Crippen LogP contribution in [0.3, 0.4) is 0 Å². The highest BCUT2D eigenvalue weighted by atomic mass is 19.4. The lowest BCUT2D eigenvalue weighted by Gasteiger charge is -2.16. The molecule has 0 saturated heterocycles. The molecule has 0 aromatic heterocycles. The van der Waals surface area contributed by atoms with E-state index >= 15 is 0 Å². The summed E-state index contributed by atoms with van der Waals surface area (Å²) in [5, 5.41) is 17.5. The molecule has 0 unspecified atom stereocenters. The number of benzene rings is 1. The first-order valence-corrected chi connectivity index (χ1v) is 3.66. The van der Waals surface area contributed by atoms with E-state index in [0.717, 1.165) is 0 Å². The first kappa shape index (κ1) is 11.7. The largest absolute Gasteiger partial charge is 0.505 e. The van der Waals surface area contributed by atoms with Crippen LogP contribution in [0.15, 0.2) is 12.1 Å². The second-order valence-electron chi connectivity index (χ2n) is 2.77. The number of aliphatic hydroxyl groups excluding tert-OH is 1. The average Bonchev–Trinajstić information content (AvgIpc) is 2.08. The van der Waals surface area contributed by atoms with Crippen LogP contribution in [-0.4, -0.2) is 16.4 Å². The fourth-order valence-corrected chi connectivity index (χ4v) is 0.971. The zero-order chi connectivity index (χ0) is 11.8. The van der Waals surface area contributed by atoms with Gasteiger partial charge in [0.2, 0.25) is 0 Å². The van der Waals surface area contributed by atoms with Gasteiger partial charge in [-0.05, 0) is 6.07 Å². The SMILES string of the molecule is Oc1c(F)cc(F)cc1[C@@H](O)C(F)(F)F. The summed E-state index contributed by atoms with van der Waals surface area (Å²) >= 11 is 0. The lowest BCUT2D eigenvalue weighted by molar-refractivity contribution is -0.207. The molecule has 0 radical (unpaired) electrons. The van der Waals surface area contributed by atoms with Crippen molar-refractivity contribution in [1.29, 1.82) is 0 Å². The van der Waals surface area contributed by atoms with E-state index in [1.807, 2.05) is 0 Å². The van der Waals surface area contributed by atoms with Crippen molar-refractivity contribution in [2.24, 2.45) is 0 Å². The van der Waals surface area contributed by atoms with E-state index in [9.17, 15) is 22.0 Å². The minimum atomic E-state index is -5.10. The van der Waals surface area contributed by atoms with Gasteiger partial charge in [-0.2, -0.15) is 13.2 Å². The minimum absolute atomic E-state index is 0.210. The average molecular weight is 228 g/mol. The van der Waals surface area contributed by atoms with Crippen LogP contribution in [-0.2, 0) is 0 Å². The molecule has 0 fully saturated rings. The maximum Gasteiger partial charge on any atom is 0.418 e. The van der Waals surface area contributed by atoms with Crippen molar-refractivity contribution in [3.05, 3.63) is 29.3 Å². The highest BCUT2D eigenvalue weighted by molar-refractivity contribution is 5.36. The molecule has 1 aromatic carbocycles. The summed E-state index contributed by atoms with van der Waals surface area (Å²) in [4.78, 5) is 0. The molecule has 7 heteroatoms. The van der Waals surface area contributed by atoms with Crippen LogP contribution in [0, 0.1) is 11.6 Å². The van der Waals surface area contributed by atoms with E-state index in [0.29, 0.717) is 0 Å². The number of aromatic hydroxyl groups is 1. The fraction of sp³-hybridized carbons (Fsp3) is 0.250. The molecular weight excluding hydrogens is 223 g/mol. The zero-order valence-electron chi connectivity index (χ0n) is 7.02. The van der Waals surface area contributed by atoms with Gasteiger partial charge in [0.25, 0.3) is 0 Å². The molecule has 0 bridgehead atoms. The van der Waals surface area contributed by atoms with E-state index in [1.165, 1.54) is 0 Å². The third-order valence-electron chi connectivity index (χ3n) is 1.66. The Balaban J connectivity index is 3.25. The second-order valence-corrected chi connectivity index (χ2v) is 2.77. The number of aliphatic hydroxyl groups is 1. The molecule has 0 aliphatic carbocycles. The molecule has 1 rings (SSSR count). The predicted octanol–water partition coefficient (Wildman–Crippen LogP) is 2.27. The van der Waals surface area contributed by atoms with Gasteiger partial charge >= 0.3 is 6.18 Å². The zero-order valence-corrected chi connectivity index (χ0v) is 7.02. The summed E-state index contributed by atoms with van der Waals surface area (Å²) in [6.45, 7) is 0. The molecule has 0 amide bonds. The van der Waals surface area contributed by atoms with Crippen molar-refractivity contribution in [3.63, 3.8) is 0 Å². The molecule has 84 valence electrons. The van der Waals surface area contributed by atoms with Gasteiger partial charge in [-0.1, -0.05) is 0 Å². The highest BCUT2D eigenvalue weighted by Crippen LogP contribution is 2.37. The molecule has 0 heterocycles. The lowest BCUT2D eigenvalue weighted by Crippen LogP contribution is -2.20. The van der Waals surface area contributed by atoms with Gasteiger partial charge in [0.15, 0.2) is 17.7 Å². The molecule has 0 saturated carbocycles. The third-order valence-corrected chi connectivity index (χ3v) is 1.66. The first-order chi connectivity index (χ1) is 6.73. The van der Waals surface area contributed by atoms with Crippen molar-refractivity contribution in [1.82, 2.24) is 0 Å². The third kappa shape index (κ3) is 2.35. The first-order valence-electron chi connectivity index (χ1n) is 3.66. The Hall–Kier alpha value is -1.37. The van der Waals surface area contributed by atoms with Crippen molar-refractivity contribution in [3.8, 4) is 5.75 Å². The molecule has 2 N–H and O–H groups in total. The van der Waals surface area contributed by atoms with Crippen LogP contribution in [0.4, 0.5) is 22.0 Å². The normalized spacial score (nSPS) is 14.0. The quantitative estimate of drug-likeness (QED) is 0.724. The predicted molar refractivity (Wildman–Crippen MR) is 39.0 cm³/mol. The number of halogens is 5. The van der Waals surface area contributed by atoms with E-state index in [2.05, 4.69) is 0 Å². The summed E-state index contributed by atoms with van der Waals surface area (Å²) in [5.41, 5.74) is -1.25. The molecule has 1 atom stereocenters. The maximum absolute atomic E-state index is 12.6. The number of phenols is 1. The second kappa shape index (κ2) is 3.65. The Kier molecular flexibility index (Phi) is 2.85. The number of alkyl halides is 3. The monoisotopic (exact) mass is 228 g/mol. The smallest absolute Gasteiger partial charge is 0.418 e. The van der Waals surface area contributed by atoms with Gasteiger partial charge in [-0.3, -0.25) is 0 Å². The summed E-state index contributed by atoms with van der Waals surface area (Å²) < 4.78 is 61.1. The number of hydrogen-bond donors (Lipinski definition) is 2. The molecule has 0 aliphatic heterocycles. The van der Waals surface area contributed by atoms with Gasteiger partial charge in [-0.25, -0.2) is 8.78 Å². The van der Waals surface area contributed by atoms with Crippen molar-refractivity contribution >= 4 is 0 Å². The molecule has 0 aliphatic rings. The number of rotatable bonds is 1. The summed E-state index contributed by atoms with van der Waals surface area (Å²) in [5.74, 6) is -4.29.